The summed E-state index contributed by atoms with van der Waals surface area (Å²) < 4.78 is 8.05. The molecule has 0 atom stereocenters. The van der Waals surface area contributed by atoms with Crippen molar-refractivity contribution in [3.8, 4) is 17.0 Å². The van der Waals surface area contributed by atoms with E-state index in [1.165, 1.54) is 22.2 Å². The molecular weight excluding hydrogens is 426 g/mol. The van der Waals surface area contributed by atoms with Crippen LogP contribution in [0.5, 0.6) is 5.75 Å². The zero-order valence-electron chi connectivity index (χ0n) is 20.2. The lowest BCUT2D eigenvalue weighted by molar-refractivity contribution is 0.413. The Morgan fingerprint density at radius 3 is 2.68 bits per heavy atom. The van der Waals surface area contributed by atoms with Crippen LogP contribution in [-0.2, 0) is 13.0 Å². The first-order valence-electron chi connectivity index (χ1n) is 11.5. The number of nitrogen functional groups attached to an aromatic ring is 1. The van der Waals surface area contributed by atoms with Gasteiger partial charge < -0.3 is 30.2 Å². The van der Waals surface area contributed by atoms with E-state index < -0.39 is 0 Å². The molecule has 3 heterocycles. The van der Waals surface area contributed by atoms with E-state index in [0.717, 1.165) is 43.1 Å². The number of aromatic nitrogens is 3. The van der Waals surface area contributed by atoms with Gasteiger partial charge in [-0.3, -0.25) is 0 Å². The number of nitrogens with two attached hydrogens (primary N) is 1. The van der Waals surface area contributed by atoms with Gasteiger partial charge in [-0.05, 0) is 32.3 Å². The second kappa shape index (κ2) is 8.87. The lowest BCUT2D eigenvalue weighted by Crippen LogP contribution is -2.29. The number of likely N-dealkylation sites (N-methyl/N-ethyl adjacent to an activating group) is 2. The molecule has 0 bridgehead atoms. The molecule has 0 spiro atoms. The first-order chi connectivity index (χ1) is 16.5. The molecular formula is C26H31N7O. The second-order valence-electron chi connectivity index (χ2n) is 8.97. The van der Waals surface area contributed by atoms with Crippen LogP contribution in [0.1, 0.15) is 5.69 Å². The minimum absolute atomic E-state index is 0.507. The summed E-state index contributed by atoms with van der Waals surface area (Å²) in [7, 11) is 7.81. The highest BCUT2D eigenvalue weighted by Crippen LogP contribution is 2.39. The molecule has 0 unspecified atom stereocenters. The van der Waals surface area contributed by atoms with E-state index in [1.807, 2.05) is 25.2 Å². The standard InChI is InChI=1S/C26H31N7O/c1-31(2)13-14-32(3)23-16-24(34-4)20(15-18(23)27)30-26-28-11-9-19(29-26)25-17-7-5-6-8-21(17)33-12-10-22(25)33/h5-9,11,15-16H,10,12-14,27H2,1-4H3,(H,28,29,30). The fourth-order valence-corrected chi connectivity index (χ4v) is 4.55. The van der Waals surface area contributed by atoms with Crippen LogP contribution < -0.4 is 20.7 Å². The van der Waals surface area contributed by atoms with Crippen LogP contribution in [0.4, 0.5) is 23.0 Å². The third-order valence-electron chi connectivity index (χ3n) is 6.45. The van der Waals surface area contributed by atoms with Gasteiger partial charge in [0.25, 0.3) is 0 Å². The largest absolute Gasteiger partial charge is 0.494 e. The van der Waals surface area contributed by atoms with Crippen LogP contribution in [0.25, 0.3) is 22.2 Å². The quantitative estimate of drug-likeness (QED) is 0.387. The Bertz CT molecular complexity index is 1340. The number of methoxy groups -OCH3 is 1. The van der Waals surface area contributed by atoms with Gasteiger partial charge in [0.2, 0.25) is 5.95 Å². The molecule has 0 amide bonds. The molecule has 2 aromatic carbocycles. The summed E-state index contributed by atoms with van der Waals surface area (Å²) in [6, 6.07) is 14.3. The second-order valence-corrected chi connectivity index (χ2v) is 8.97. The highest BCUT2D eigenvalue weighted by Gasteiger charge is 2.25. The Labute approximate surface area is 200 Å². The molecule has 3 N–H and O–H groups in total. The molecule has 0 aliphatic carbocycles. The van der Waals surface area contributed by atoms with Crippen molar-refractivity contribution in [2.75, 3.05) is 57.3 Å². The minimum Gasteiger partial charge on any atom is -0.494 e. The fraction of sp³-hybridized carbons (Fsp3) is 0.308. The number of hydrogen-bond acceptors (Lipinski definition) is 7. The molecule has 1 aliphatic heterocycles. The van der Waals surface area contributed by atoms with Crippen molar-refractivity contribution >= 4 is 33.9 Å². The van der Waals surface area contributed by atoms with Gasteiger partial charge in [0.15, 0.2) is 0 Å². The third kappa shape index (κ3) is 3.90. The molecule has 5 rings (SSSR count). The van der Waals surface area contributed by atoms with Crippen molar-refractivity contribution < 1.29 is 4.74 Å². The van der Waals surface area contributed by atoms with Gasteiger partial charge in [-0.15, -0.1) is 0 Å². The molecule has 0 saturated carbocycles. The normalized spacial score (nSPS) is 12.5. The van der Waals surface area contributed by atoms with Gasteiger partial charge in [-0.1, -0.05) is 18.2 Å². The number of hydrogen-bond donors (Lipinski definition) is 2. The predicted molar refractivity (Wildman–Crippen MR) is 139 cm³/mol. The lowest BCUT2D eigenvalue weighted by atomic mass is 10.0. The zero-order valence-corrected chi connectivity index (χ0v) is 20.2. The van der Waals surface area contributed by atoms with Crippen molar-refractivity contribution in [2.24, 2.45) is 0 Å². The van der Waals surface area contributed by atoms with Crippen LogP contribution in [-0.4, -0.2) is 60.8 Å². The monoisotopic (exact) mass is 457 g/mol. The maximum absolute atomic E-state index is 6.42. The molecule has 1 aliphatic rings. The van der Waals surface area contributed by atoms with Crippen molar-refractivity contribution in [1.29, 1.82) is 0 Å². The van der Waals surface area contributed by atoms with Gasteiger partial charge in [0, 0.05) is 67.5 Å². The molecule has 8 nitrogen and oxygen atoms in total. The van der Waals surface area contributed by atoms with Crippen LogP contribution >= 0.6 is 0 Å². The summed E-state index contributed by atoms with van der Waals surface area (Å²) in [4.78, 5) is 13.6. The average Bonchev–Trinajstić information content (AvgIpc) is 3.03. The van der Waals surface area contributed by atoms with Gasteiger partial charge in [-0.2, -0.15) is 0 Å². The van der Waals surface area contributed by atoms with E-state index in [-0.39, 0.29) is 0 Å². The predicted octanol–water partition coefficient (Wildman–Crippen LogP) is 3.99. The number of fused-ring (bicyclic) bond motifs is 3. The fourth-order valence-electron chi connectivity index (χ4n) is 4.55. The first kappa shape index (κ1) is 22.0. The summed E-state index contributed by atoms with van der Waals surface area (Å²) in [6.45, 7) is 2.84. The number of anilines is 4. The molecule has 0 radical (unpaired) electrons. The Kier molecular flexibility index (Phi) is 5.75. The lowest BCUT2D eigenvalue weighted by Gasteiger charge is -2.24. The summed E-state index contributed by atoms with van der Waals surface area (Å²) >= 11 is 0. The van der Waals surface area contributed by atoms with Gasteiger partial charge in [0.05, 0.1) is 29.9 Å². The number of nitrogens with one attached hydrogen (secondary N) is 1. The number of para-hydroxylation sites is 1. The molecule has 176 valence electrons. The summed E-state index contributed by atoms with van der Waals surface area (Å²) in [5.41, 5.74) is 13.4. The molecule has 0 saturated heterocycles. The number of nitrogens with zero attached hydrogens (tertiary/aromatic N) is 5. The van der Waals surface area contributed by atoms with E-state index in [9.17, 15) is 0 Å². The van der Waals surface area contributed by atoms with E-state index in [1.54, 1.807) is 13.3 Å². The Hall–Kier alpha value is -3.78. The number of rotatable bonds is 8. The summed E-state index contributed by atoms with van der Waals surface area (Å²) in [5.74, 6) is 1.19. The first-order valence-corrected chi connectivity index (χ1v) is 11.5. The number of aryl methyl sites for hydroxylation is 1. The minimum atomic E-state index is 0.507. The number of benzene rings is 2. The van der Waals surface area contributed by atoms with E-state index in [0.29, 0.717) is 17.4 Å². The van der Waals surface area contributed by atoms with Gasteiger partial charge >= 0.3 is 0 Å². The van der Waals surface area contributed by atoms with Crippen LogP contribution in [0, 0.1) is 0 Å². The summed E-state index contributed by atoms with van der Waals surface area (Å²) in [6.07, 6.45) is 2.85. The third-order valence-corrected chi connectivity index (χ3v) is 6.45. The molecule has 4 aromatic rings. The van der Waals surface area contributed by atoms with Crippen molar-refractivity contribution in [3.05, 3.63) is 54.4 Å². The van der Waals surface area contributed by atoms with E-state index in [2.05, 4.69) is 63.0 Å². The Balaban J connectivity index is 1.46. The van der Waals surface area contributed by atoms with Gasteiger partial charge in [-0.25, -0.2) is 9.97 Å². The highest BCUT2D eigenvalue weighted by atomic mass is 16.5. The molecule has 2 aromatic heterocycles. The smallest absolute Gasteiger partial charge is 0.227 e. The van der Waals surface area contributed by atoms with Crippen LogP contribution in [0.15, 0.2) is 48.7 Å². The average molecular weight is 458 g/mol. The van der Waals surface area contributed by atoms with Crippen LogP contribution in [0.2, 0.25) is 0 Å². The Morgan fingerprint density at radius 1 is 1.12 bits per heavy atom. The zero-order chi connectivity index (χ0) is 23.8. The molecule has 0 fully saturated rings. The van der Waals surface area contributed by atoms with Crippen molar-refractivity contribution in [3.63, 3.8) is 0 Å². The molecule has 34 heavy (non-hydrogen) atoms. The Morgan fingerprint density at radius 2 is 1.94 bits per heavy atom. The van der Waals surface area contributed by atoms with Crippen molar-refractivity contribution in [1.82, 2.24) is 19.4 Å². The van der Waals surface area contributed by atoms with Crippen LogP contribution in [0.3, 0.4) is 0 Å². The number of ether oxygens (including phenoxy) is 1. The summed E-state index contributed by atoms with van der Waals surface area (Å²) in [5, 5.41) is 4.55. The maximum Gasteiger partial charge on any atom is 0.227 e. The highest BCUT2D eigenvalue weighted by molar-refractivity contribution is 5.98. The SMILES string of the molecule is COc1cc(N(C)CCN(C)C)c(N)cc1Nc1nccc(-c2c3n(c4ccccc24)CC3)n1. The van der Waals surface area contributed by atoms with E-state index >= 15 is 0 Å². The topological polar surface area (TPSA) is 84.5 Å². The maximum atomic E-state index is 6.42. The van der Waals surface area contributed by atoms with E-state index in [4.69, 9.17) is 15.5 Å². The molecule has 8 heteroatoms. The van der Waals surface area contributed by atoms with Crippen molar-refractivity contribution in [2.45, 2.75) is 13.0 Å². The van der Waals surface area contributed by atoms with Gasteiger partial charge in [0.1, 0.15) is 5.75 Å².